The summed E-state index contributed by atoms with van der Waals surface area (Å²) in [5, 5.41) is 2.93. The van der Waals surface area contributed by atoms with Gasteiger partial charge in [-0.05, 0) is 36.6 Å². The molecule has 1 saturated heterocycles. The largest absolute Gasteiger partial charge is 0.316 e. The fraction of sp³-hybridized carbons (Fsp3) is 0.571. The van der Waals surface area contributed by atoms with Crippen molar-refractivity contribution in [1.82, 2.24) is 9.62 Å². The first-order valence-corrected chi connectivity index (χ1v) is 8.23. The average Bonchev–Trinajstić information content (AvgIpc) is 2.73. The quantitative estimate of drug-likeness (QED) is 0.923. The Kier molecular flexibility index (Phi) is 4.46. The van der Waals surface area contributed by atoms with Crippen LogP contribution in [0.15, 0.2) is 23.1 Å². The van der Waals surface area contributed by atoms with E-state index in [4.69, 9.17) is 0 Å². The van der Waals surface area contributed by atoms with Crippen molar-refractivity contribution in [3.05, 3.63) is 29.6 Å². The minimum absolute atomic E-state index is 0.216. The number of nitrogens with one attached hydrogen (secondary N) is 1. The summed E-state index contributed by atoms with van der Waals surface area (Å²) in [7, 11) is -1.98. The van der Waals surface area contributed by atoms with Gasteiger partial charge in [-0.15, -0.1) is 0 Å². The summed E-state index contributed by atoms with van der Waals surface area (Å²) >= 11 is 0. The molecule has 0 aromatic heterocycles. The molecular weight excluding hydrogens is 279 g/mol. The topological polar surface area (TPSA) is 49.4 Å². The zero-order chi connectivity index (χ0) is 14.9. The molecule has 1 aromatic carbocycles. The molecule has 2 atom stereocenters. The number of hydrogen-bond donors (Lipinski definition) is 1. The molecule has 0 saturated carbocycles. The van der Waals surface area contributed by atoms with E-state index in [0.717, 1.165) is 5.56 Å². The second kappa shape index (κ2) is 5.79. The molecule has 0 radical (unpaired) electrons. The van der Waals surface area contributed by atoms with E-state index in [-0.39, 0.29) is 4.90 Å². The SMILES string of the molecule is CNCc1ccc(F)c(S(=O)(=O)N2CC(C)C(C)C2)c1. The molecule has 1 aliphatic heterocycles. The van der Waals surface area contributed by atoms with Gasteiger partial charge in [0.05, 0.1) is 0 Å². The summed E-state index contributed by atoms with van der Waals surface area (Å²) in [4.78, 5) is -0.216. The Balaban J connectivity index is 2.36. The van der Waals surface area contributed by atoms with Gasteiger partial charge in [0.25, 0.3) is 0 Å². The second-order valence-corrected chi connectivity index (χ2v) is 7.48. The smallest absolute Gasteiger partial charge is 0.246 e. The molecule has 1 aromatic rings. The van der Waals surface area contributed by atoms with Crippen molar-refractivity contribution in [3.8, 4) is 0 Å². The highest BCUT2D eigenvalue weighted by Crippen LogP contribution is 2.29. The first-order valence-electron chi connectivity index (χ1n) is 6.79. The number of nitrogens with zero attached hydrogens (tertiary/aromatic N) is 1. The summed E-state index contributed by atoms with van der Waals surface area (Å²) in [5.41, 5.74) is 0.757. The van der Waals surface area contributed by atoms with Gasteiger partial charge in [0, 0.05) is 19.6 Å². The monoisotopic (exact) mass is 300 g/mol. The van der Waals surface area contributed by atoms with E-state index in [1.54, 1.807) is 13.1 Å². The van der Waals surface area contributed by atoms with Gasteiger partial charge in [0.1, 0.15) is 10.7 Å². The minimum Gasteiger partial charge on any atom is -0.316 e. The van der Waals surface area contributed by atoms with Crippen molar-refractivity contribution < 1.29 is 12.8 Å². The predicted octanol–water partition coefficient (Wildman–Crippen LogP) is 1.82. The first-order chi connectivity index (χ1) is 9.36. The zero-order valence-corrected chi connectivity index (χ0v) is 12.9. The average molecular weight is 300 g/mol. The van der Waals surface area contributed by atoms with E-state index in [9.17, 15) is 12.8 Å². The molecule has 1 heterocycles. The Morgan fingerprint density at radius 3 is 2.45 bits per heavy atom. The third kappa shape index (κ3) is 2.87. The molecule has 1 N–H and O–H groups in total. The Bertz CT molecular complexity index is 579. The number of halogens is 1. The lowest BCUT2D eigenvalue weighted by Gasteiger charge is -2.17. The molecule has 112 valence electrons. The van der Waals surface area contributed by atoms with Crippen LogP contribution in [0.5, 0.6) is 0 Å². The minimum atomic E-state index is -3.75. The molecule has 0 aliphatic carbocycles. The van der Waals surface area contributed by atoms with Crippen molar-refractivity contribution >= 4 is 10.0 Å². The fourth-order valence-electron chi connectivity index (χ4n) is 2.47. The summed E-state index contributed by atoms with van der Waals surface area (Å²) in [6.07, 6.45) is 0. The van der Waals surface area contributed by atoms with Crippen LogP contribution in [0, 0.1) is 17.7 Å². The molecule has 0 amide bonds. The van der Waals surface area contributed by atoms with Crippen LogP contribution < -0.4 is 5.32 Å². The highest BCUT2D eigenvalue weighted by atomic mass is 32.2. The van der Waals surface area contributed by atoms with E-state index in [0.29, 0.717) is 31.5 Å². The van der Waals surface area contributed by atoms with Gasteiger partial charge in [-0.2, -0.15) is 4.31 Å². The van der Waals surface area contributed by atoms with Crippen LogP contribution >= 0.6 is 0 Å². The molecule has 2 unspecified atom stereocenters. The number of hydrogen-bond acceptors (Lipinski definition) is 3. The molecular formula is C14H21FN2O2S. The van der Waals surface area contributed by atoms with Crippen LogP contribution in [0.3, 0.4) is 0 Å². The Morgan fingerprint density at radius 2 is 1.90 bits per heavy atom. The van der Waals surface area contributed by atoms with E-state index in [2.05, 4.69) is 5.32 Å². The van der Waals surface area contributed by atoms with E-state index in [1.165, 1.54) is 16.4 Å². The maximum atomic E-state index is 13.9. The van der Waals surface area contributed by atoms with E-state index in [1.807, 2.05) is 13.8 Å². The maximum absolute atomic E-state index is 13.9. The molecule has 6 heteroatoms. The summed E-state index contributed by atoms with van der Waals surface area (Å²) in [5.74, 6) is -0.0845. The van der Waals surface area contributed by atoms with Crippen molar-refractivity contribution in [1.29, 1.82) is 0 Å². The molecule has 1 aliphatic rings. The third-order valence-electron chi connectivity index (χ3n) is 3.95. The van der Waals surface area contributed by atoms with Crippen molar-refractivity contribution in [3.63, 3.8) is 0 Å². The lowest BCUT2D eigenvalue weighted by molar-refractivity contribution is 0.456. The predicted molar refractivity (Wildman–Crippen MR) is 76.3 cm³/mol. The normalized spacial score (nSPS) is 24.2. The van der Waals surface area contributed by atoms with Gasteiger partial charge in [0.15, 0.2) is 0 Å². The molecule has 1 fully saturated rings. The van der Waals surface area contributed by atoms with Crippen molar-refractivity contribution in [2.24, 2.45) is 11.8 Å². The molecule has 0 spiro atoms. The molecule has 4 nitrogen and oxygen atoms in total. The molecule has 2 rings (SSSR count). The Labute approximate surface area is 120 Å². The zero-order valence-electron chi connectivity index (χ0n) is 12.1. The number of sulfonamides is 1. The fourth-order valence-corrected chi connectivity index (χ4v) is 4.23. The standard InChI is InChI=1S/C14H21FN2O2S/c1-10-8-17(9-11(10)2)20(18,19)14-6-12(7-16-3)4-5-13(14)15/h4-6,10-11,16H,7-9H2,1-3H3. The van der Waals surface area contributed by atoms with Crippen molar-refractivity contribution in [2.45, 2.75) is 25.3 Å². The van der Waals surface area contributed by atoms with E-state index >= 15 is 0 Å². The highest BCUT2D eigenvalue weighted by molar-refractivity contribution is 7.89. The van der Waals surface area contributed by atoms with Crippen LogP contribution in [-0.2, 0) is 16.6 Å². The lowest BCUT2D eigenvalue weighted by atomic mass is 10.0. The van der Waals surface area contributed by atoms with Crippen molar-refractivity contribution in [2.75, 3.05) is 20.1 Å². The van der Waals surface area contributed by atoms with Gasteiger partial charge in [-0.1, -0.05) is 19.9 Å². The van der Waals surface area contributed by atoms with E-state index < -0.39 is 15.8 Å². The summed E-state index contributed by atoms with van der Waals surface area (Å²) in [6, 6.07) is 4.25. The molecule has 20 heavy (non-hydrogen) atoms. The lowest BCUT2D eigenvalue weighted by Crippen LogP contribution is -2.30. The maximum Gasteiger partial charge on any atom is 0.246 e. The van der Waals surface area contributed by atoms with Crippen LogP contribution in [0.1, 0.15) is 19.4 Å². The summed E-state index contributed by atoms with van der Waals surface area (Å²) in [6.45, 7) is 5.47. The summed E-state index contributed by atoms with van der Waals surface area (Å²) < 4.78 is 40.5. The Morgan fingerprint density at radius 1 is 1.30 bits per heavy atom. The van der Waals surface area contributed by atoms with Crippen LogP contribution in [0.2, 0.25) is 0 Å². The Hall–Kier alpha value is -0.980. The molecule has 0 bridgehead atoms. The van der Waals surface area contributed by atoms with Crippen LogP contribution in [-0.4, -0.2) is 32.9 Å². The van der Waals surface area contributed by atoms with Gasteiger partial charge in [-0.3, -0.25) is 0 Å². The van der Waals surface area contributed by atoms with Gasteiger partial charge >= 0.3 is 0 Å². The third-order valence-corrected chi connectivity index (χ3v) is 5.80. The van der Waals surface area contributed by atoms with Gasteiger partial charge in [-0.25, -0.2) is 12.8 Å². The highest BCUT2D eigenvalue weighted by Gasteiger charge is 2.36. The number of rotatable bonds is 4. The van der Waals surface area contributed by atoms with Gasteiger partial charge < -0.3 is 5.32 Å². The van der Waals surface area contributed by atoms with Gasteiger partial charge in [0.2, 0.25) is 10.0 Å². The van der Waals surface area contributed by atoms with Crippen LogP contribution in [0.25, 0.3) is 0 Å². The number of benzene rings is 1. The van der Waals surface area contributed by atoms with Crippen LogP contribution in [0.4, 0.5) is 4.39 Å². The first kappa shape index (κ1) is 15.4. The second-order valence-electron chi connectivity index (χ2n) is 5.57.